The number of ether oxygens (including phenoxy) is 1. The maximum Gasteiger partial charge on any atom is 0.229 e. The third kappa shape index (κ3) is 9.44. The number of halogens is 2. The fraction of sp³-hybridized carbons (Fsp3) is 0.690. The van der Waals surface area contributed by atoms with Crippen LogP contribution in [0.5, 0.6) is 0 Å². The number of morpholine rings is 1. The van der Waals surface area contributed by atoms with Gasteiger partial charge in [-0.15, -0.1) is 0 Å². The Kier molecular flexibility index (Phi) is 14.9. The number of hydrogen-bond donors (Lipinski definition) is 0. The Morgan fingerprint density at radius 1 is 0.926 bits per heavy atom. The van der Waals surface area contributed by atoms with Crippen LogP contribution in [0.2, 0.25) is 26.7 Å². The van der Waals surface area contributed by atoms with Crippen LogP contribution < -0.4 is 0 Å². The van der Waals surface area contributed by atoms with Crippen molar-refractivity contribution in [2.45, 2.75) is 127 Å². The molecular weight excluding hydrogens is 758 g/mol. The zero-order valence-electron chi connectivity index (χ0n) is 33.9. The van der Waals surface area contributed by atoms with Crippen LogP contribution in [0, 0.1) is 5.41 Å². The second kappa shape index (κ2) is 18.4. The highest BCUT2D eigenvalue weighted by Gasteiger charge is 2.55. The number of rotatable bonds is 18. The maximum absolute atomic E-state index is 16.0. The average Bonchev–Trinajstić information content (AvgIpc) is 4.00. The van der Waals surface area contributed by atoms with Crippen molar-refractivity contribution in [1.82, 2.24) is 14.1 Å². The van der Waals surface area contributed by atoms with Crippen molar-refractivity contribution in [2.75, 3.05) is 53.0 Å². The monoisotopic (exact) mass is 821 g/mol. The summed E-state index contributed by atoms with van der Waals surface area (Å²) >= 11 is 13.2. The summed E-state index contributed by atoms with van der Waals surface area (Å²) in [5.74, 6) is -0.0264. The van der Waals surface area contributed by atoms with Crippen LogP contribution in [0.1, 0.15) is 110 Å². The fourth-order valence-corrected chi connectivity index (χ4v) is 17.2. The highest BCUT2D eigenvalue weighted by atomic mass is 35.5. The molecule has 54 heavy (non-hydrogen) atoms. The van der Waals surface area contributed by atoms with Gasteiger partial charge in [0, 0.05) is 55.3 Å². The summed E-state index contributed by atoms with van der Waals surface area (Å²) in [5.41, 5.74) is 2.54. The van der Waals surface area contributed by atoms with Crippen LogP contribution in [0.3, 0.4) is 0 Å². The van der Waals surface area contributed by atoms with Gasteiger partial charge in [0.1, 0.15) is 0 Å². The van der Waals surface area contributed by atoms with Gasteiger partial charge < -0.3 is 14.1 Å². The molecule has 5 rings (SSSR count). The van der Waals surface area contributed by atoms with Crippen molar-refractivity contribution in [3.8, 4) is 0 Å². The number of hydrogen-bond acceptors (Lipinski definition) is 6. The minimum atomic E-state index is -3.47. The zero-order valence-corrected chi connectivity index (χ0v) is 37.2. The molecule has 1 amide bonds. The van der Waals surface area contributed by atoms with Gasteiger partial charge in [-0.1, -0.05) is 95.9 Å². The highest BCUT2D eigenvalue weighted by molar-refractivity contribution is 7.90. The largest absolute Gasteiger partial charge is 0.416 e. The predicted octanol–water partition coefficient (Wildman–Crippen LogP) is 9.54. The van der Waals surface area contributed by atoms with Crippen LogP contribution >= 0.6 is 23.2 Å². The molecule has 2 heterocycles. The van der Waals surface area contributed by atoms with Crippen LogP contribution in [-0.4, -0.2) is 101 Å². The first-order valence-electron chi connectivity index (χ1n) is 20.3. The van der Waals surface area contributed by atoms with Gasteiger partial charge >= 0.3 is 0 Å². The van der Waals surface area contributed by atoms with E-state index in [1.165, 1.54) is 4.31 Å². The Hall–Kier alpha value is -1.50. The molecule has 3 fully saturated rings. The normalized spacial score (nSPS) is 24.0. The Balaban J connectivity index is 1.66. The summed E-state index contributed by atoms with van der Waals surface area (Å²) in [4.78, 5) is 20.5. The molecule has 0 N–H and O–H groups in total. The molecule has 8 nitrogen and oxygen atoms in total. The molecule has 1 unspecified atom stereocenters. The molecule has 0 aromatic heterocycles. The van der Waals surface area contributed by atoms with Gasteiger partial charge in [-0.25, -0.2) is 12.7 Å². The lowest BCUT2D eigenvalue weighted by molar-refractivity contribution is -0.158. The smallest absolute Gasteiger partial charge is 0.229 e. The van der Waals surface area contributed by atoms with Gasteiger partial charge in [0.15, 0.2) is 8.32 Å². The molecule has 2 aromatic rings. The Bertz CT molecular complexity index is 1630. The number of nitrogens with zero attached hydrogens (tertiary/aromatic N) is 3. The molecule has 4 atom stereocenters. The summed E-state index contributed by atoms with van der Waals surface area (Å²) in [7, 11) is -4.01. The van der Waals surface area contributed by atoms with Gasteiger partial charge in [0.05, 0.1) is 29.9 Å². The molecular formula is C42H65Cl2N3O5SSi. The van der Waals surface area contributed by atoms with Gasteiger partial charge in [-0.2, -0.15) is 0 Å². The maximum atomic E-state index is 16.0. The van der Waals surface area contributed by atoms with Crippen molar-refractivity contribution in [3.63, 3.8) is 0 Å². The van der Waals surface area contributed by atoms with Crippen molar-refractivity contribution >= 4 is 47.4 Å². The van der Waals surface area contributed by atoms with Gasteiger partial charge in [0.2, 0.25) is 15.9 Å². The first-order valence-corrected chi connectivity index (χ1v) is 24.7. The van der Waals surface area contributed by atoms with Gasteiger partial charge in [0.25, 0.3) is 0 Å². The Labute approximate surface area is 337 Å². The lowest BCUT2D eigenvalue weighted by Gasteiger charge is -2.54. The van der Waals surface area contributed by atoms with Crippen molar-refractivity contribution in [2.24, 2.45) is 5.41 Å². The Morgan fingerprint density at radius 2 is 1.56 bits per heavy atom. The first-order chi connectivity index (χ1) is 25.6. The third-order valence-electron chi connectivity index (χ3n) is 12.8. The summed E-state index contributed by atoms with van der Waals surface area (Å²) in [6.45, 7) is 20.4. The van der Waals surface area contributed by atoms with Crippen LogP contribution in [0.4, 0.5) is 0 Å². The lowest BCUT2D eigenvalue weighted by atomic mass is 9.64. The fourth-order valence-electron chi connectivity index (χ4n) is 9.80. The number of likely N-dealkylation sites (tertiary alicyclic amines) is 1. The van der Waals surface area contributed by atoms with E-state index < -0.39 is 23.8 Å². The van der Waals surface area contributed by atoms with E-state index in [4.69, 9.17) is 32.4 Å². The number of amides is 1. The van der Waals surface area contributed by atoms with E-state index in [0.29, 0.717) is 85.0 Å². The van der Waals surface area contributed by atoms with Crippen LogP contribution in [0.25, 0.3) is 0 Å². The highest BCUT2D eigenvalue weighted by Crippen LogP contribution is 2.54. The van der Waals surface area contributed by atoms with Crippen molar-refractivity contribution in [1.29, 1.82) is 0 Å². The summed E-state index contributed by atoms with van der Waals surface area (Å²) < 4.78 is 41.6. The number of carbonyl (C=O) groups excluding carboxylic acids is 1. The standard InChI is InChI=1S/C42H65Cl2N3O5SSi/c1-9-37(29-45(8)53(49,50)38-17-18-38)47-40(33-13-15-35(43)16-14-33)39(34-11-10-12-36(44)27-34)28-42(41(47)48,19-21-46-22-25-51-26-23-46)20-24-52-54(30(2)3,31(4)5)32(6)7/h10-16,27,30-32,37-40H,9,17-26,28-29H2,1-8H3/t37?,39-,40-,42+/m1/s1. The van der Waals surface area contributed by atoms with Crippen molar-refractivity contribution < 1.29 is 22.4 Å². The summed E-state index contributed by atoms with van der Waals surface area (Å²) in [6, 6.07) is 15.2. The average molecular weight is 823 g/mol. The predicted molar refractivity (Wildman–Crippen MR) is 224 cm³/mol. The molecule has 12 heteroatoms. The third-order valence-corrected chi connectivity index (χ3v) is 21.8. The second-order valence-electron chi connectivity index (χ2n) is 17.1. The SMILES string of the molecule is CCC(CN(C)S(=O)(=O)C1CC1)N1C(=O)[C@](CCO[Si](C(C)C)(C(C)C)C(C)C)(CCN2CCOCC2)C[C@H](c2cccc(Cl)c2)[C@H]1c1ccc(Cl)cc1. The molecule has 2 aromatic carbocycles. The Morgan fingerprint density at radius 3 is 2.11 bits per heavy atom. The number of likely N-dealkylation sites (N-methyl/N-ethyl adjacent to an activating group) is 1. The number of piperidine rings is 1. The van der Waals surface area contributed by atoms with E-state index in [0.717, 1.165) is 30.8 Å². The number of carbonyl (C=O) groups is 1. The lowest BCUT2D eigenvalue weighted by Crippen LogP contribution is -2.59. The van der Waals surface area contributed by atoms with Crippen LogP contribution in [-0.2, 0) is 24.0 Å². The van der Waals surface area contributed by atoms with E-state index in [-0.39, 0.29) is 35.7 Å². The summed E-state index contributed by atoms with van der Waals surface area (Å²) in [6.07, 6.45) is 3.86. The number of benzene rings is 2. The van der Waals surface area contributed by atoms with E-state index in [2.05, 4.69) is 64.3 Å². The summed E-state index contributed by atoms with van der Waals surface area (Å²) in [5, 5.41) is 0.941. The molecule has 1 aliphatic carbocycles. The van der Waals surface area contributed by atoms with Crippen LogP contribution in [0.15, 0.2) is 48.5 Å². The molecule has 1 saturated carbocycles. The molecule has 3 aliphatic rings. The molecule has 2 aliphatic heterocycles. The molecule has 0 spiro atoms. The van der Waals surface area contributed by atoms with Gasteiger partial charge in [-0.05, 0) is 97.1 Å². The first kappa shape index (κ1) is 43.6. The molecule has 302 valence electrons. The van der Waals surface area contributed by atoms with E-state index in [9.17, 15) is 8.42 Å². The van der Waals surface area contributed by atoms with E-state index in [1.807, 2.05) is 42.5 Å². The second-order valence-corrected chi connectivity index (χ2v) is 25.7. The molecule has 0 bridgehead atoms. The molecule has 0 radical (unpaired) electrons. The van der Waals surface area contributed by atoms with Crippen molar-refractivity contribution in [3.05, 3.63) is 69.7 Å². The van der Waals surface area contributed by atoms with E-state index in [1.54, 1.807) is 7.05 Å². The minimum absolute atomic E-state index is 0.0903. The quantitative estimate of drug-likeness (QED) is 0.140. The van der Waals surface area contributed by atoms with E-state index >= 15 is 4.79 Å². The topological polar surface area (TPSA) is 79.4 Å². The molecule has 2 saturated heterocycles. The minimum Gasteiger partial charge on any atom is -0.416 e. The number of sulfonamides is 1. The zero-order chi connectivity index (χ0) is 39.4. The van der Waals surface area contributed by atoms with Gasteiger partial charge in [-0.3, -0.25) is 9.69 Å².